The van der Waals surface area contributed by atoms with Gasteiger partial charge in [0.15, 0.2) is 0 Å². The van der Waals surface area contributed by atoms with Crippen LogP contribution in [-0.2, 0) is 9.59 Å². The lowest BCUT2D eigenvalue weighted by Crippen LogP contribution is -1.85. The minimum absolute atomic E-state index is 0.236. The number of hydrogen-bond acceptors (Lipinski definition) is 2. The van der Waals surface area contributed by atoms with E-state index < -0.39 is 0 Å². The van der Waals surface area contributed by atoms with Crippen molar-refractivity contribution in [2.45, 2.75) is 39.5 Å². The number of carbonyl (C=O) groups is 2. The van der Waals surface area contributed by atoms with Crippen LogP contribution < -0.4 is 0 Å². The van der Waals surface area contributed by atoms with Crippen LogP contribution in [0.25, 0.3) is 0 Å². The molecule has 0 radical (unpaired) electrons. The van der Waals surface area contributed by atoms with Gasteiger partial charge in [-0.05, 0) is 26.7 Å². The number of hydrogen-bond donors (Lipinski definition) is 0. The second-order valence-corrected chi connectivity index (χ2v) is 3.06. The van der Waals surface area contributed by atoms with E-state index in [9.17, 15) is 9.59 Å². The van der Waals surface area contributed by atoms with E-state index in [1.54, 1.807) is 26.0 Å². The molecule has 0 spiro atoms. The fourth-order valence-corrected chi connectivity index (χ4v) is 0.611. The van der Waals surface area contributed by atoms with E-state index in [2.05, 4.69) is 13.2 Å². The molecule has 0 fully saturated rings. The fraction of sp³-hybridized carbons (Fsp3) is 0.500. The molecule has 0 amide bonds. The first-order chi connectivity index (χ1) is 6.54. The Morgan fingerprint density at radius 2 is 1.21 bits per heavy atom. The van der Waals surface area contributed by atoms with Crippen LogP contribution in [0, 0.1) is 0 Å². The summed E-state index contributed by atoms with van der Waals surface area (Å²) in [4.78, 5) is 20.3. The summed E-state index contributed by atoms with van der Waals surface area (Å²) in [6.45, 7) is 10.1. The standard InChI is InChI=1S/2C6H10O/c2*1-3-4-5-6(2)7/h2*3H,1,4-5H2,2H3. The van der Waals surface area contributed by atoms with Gasteiger partial charge in [-0.1, -0.05) is 12.2 Å². The number of Topliss-reactive ketones (excluding diaryl/α,β-unsaturated/α-hetero) is 2. The van der Waals surface area contributed by atoms with Gasteiger partial charge in [0, 0.05) is 12.8 Å². The van der Waals surface area contributed by atoms with Gasteiger partial charge in [0.2, 0.25) is 0 Å². The highest BCUT2D eigenvalue weighted by atomic mass is 16.1. The first-order valence-electron chi connectivity index (χ1n) is 4.75. The molecule has 80 valence electrons. The number of carbonyl (C=O) groups excluding carboxylic acids is 2. The minimum atomic E-state index is 0.236. The second-order valence-electron chi connectivity index (χ2n) is 3.06. The molecule has 2 heteroatoms. The molecule has 0 rings (SSSR count). The smallest absolute Gasteiger partial charge is 0.130 e. The average molecular weight is 196 g/mol. The minimum Gasteiger partial charge on any atom is -0.300 e. The van der Waals surface area contributed by atoms with E-state index in [0.717, 1.165) is 12.8 Å². The highest BCUT2D eigenvalue weighted by Crippen LogP contribution is 1.88. The Morgan fingerprint density at radius 3 is 1.29 bits per heavy atom. The maximum atomic E-state index is 10.2. The highest BCUT2D eigenvalue weighted by molar-refractivity contribution is 5.75. The van der Waals surface area contributed by atoms with Gasteiger partial charge >= 0.3 is 0 Å². The summed E-state index contributed by atoms with van der Waals surface area (Å²) >= 11 is 0. The predicted molar refractivity (Wildman–Crippen MR) is 60.2 cm³/mol. The monoisotopic (exact) mass is 196 g/mol. The van der Waals surface area contributed by atoms with Crippen molar-refractivity contribution in [3.8, 4) is 0 Å². The Morgan fingerprint density at radius 1 is 0.929 bits per heavy atom. The lowest BCUT2D eigenvalue weighted by Gasteiger charge is -1.82. The summed E-state index contributed by atoms with van der Waals surface area (Å²) < 4.78 is 0. The maximum absolute atomic E-state index is 10.2. The van der Waals surface area contributed by atoms with Crippen molar-refractivity contribution in [1.29, 1.82) is 0 Å². The number of rotatable bonds is 6. The first kappa shape index (κ1) is 15.3. The Bertz CT molecular complexity index is 170. The van der Waals surface area contributed by atoms with E-state index in [1.165, 1.54) is 0 Å². The molecule has 0 aromatic rings. The molecule has 0 aliphatic rings. The Balaban J connectivity index is 0. The summed E-state index contributed by atoms with van der Waals surface area (Å²) in [5.74, 6) is 0.472. The maximum Gasteiger partial charge on any atom is 0.130 e. The van der Waals surface area contributed by atoms with Gasteiger partial charge in [0.25, 0.3) is 0 Å². The molecule has 2 nitrogen and oxygen atoms in total. The zero-order valence-corrected chi connectivity index (χ0v) is 9.21. The molecule has 0 N–H and O–H groups in total. The van der Waals surface area contributed by atoms with E-state index in [-0.39, 0.29) is 11.6 Å². The van der Waals surface area contributed by atoms with Gasteiger partial charge in [-0.3, -0.25) is 0 Å². The van der Waals surface area contributed by atoms with Gasteiger partial charge in [-0.25, -0.2) is 0 Å². The van der Waals surface area contributed by atoms with Gasteiger partial charge in [-0.2, -0.15) is 0 Å². The largest absolute Gasteiger partial charge is 0.300 e. The zero-order chi connectivity index (χ0) is 11.4. The molecule has 0 saturated heterocycles. The van der Waals surface area contributed by atoms with Crippen molar-refractivity contribution < 1.29 is 9.59 Å². The van der Waals surface area contributed by atoms with Gasteiger partial charge in [0.05, 0.1) is 0 Å². The van der Waals surface area contributed by atoms with Gasteiger partial charge < -0.3 is 9.59 Å². The third-order valence-corrected chi connectivity index (χ3v) is 1.40. The van der Waals surface area contributed by atoms with Crippen molar-refractivity contribution in [2.24, 2.45) is 0 Å². The van der Waals surface area contributed by atoms with Crippen molar-refractivity contribution >= 4 is 11.6 Å². The SMILES string of the molecule is C=CCCC(C)=O.C=CCCC(C)=O. The topological polar surface area (TPSA) is 34.1 Å². The quantitative estimate of drug-likeness (QED) is 0.612. The predicted octanol–water partition coefficient (Wildman–Crippen LogP) is 3.08. The third-order valence-electron chi connectivity index (χ3n) is 1.40. The fourth-order valence-electron chi connectivity index (χ4n) is 0.611. The molecule has 0 unspecified atom stereocenters. The average Bonchev–Trinajstić information content (AvgIpc) is 2.12. The lowest BCUT2D eigenvalue weighted by molar-refractivity contribution is -0.117. The molecule has 14 heavy (non-hydrogen) atoms. The Kier molecular flexibility index (Phi) is 12.9. The van der Waals surface area contributed by atoms with Crippen LogP contribution >= 0.6 is 0 Å². The highest BCUT2D eigenvalue weighted by Gasteiger charge is 1.86. The van der Waals surface area contributed by atoms with Crippen molar-refractivity contribution in [1.82, 2.24) is 0 Å². The Hall–Kier alpha value is -1.18. The van der Waals surface area contributed by atoms with Crippen LogP contribution in [0.4, 0.5) is 0 Å². The van der Waals surface area contributed by atoms with Crippen LogP contribution in [0.2, 0.25) is 0 Å². The van der Waals surface area contributed by atoms with Crippen LogP contribution in [0.3, 0.4) is 0 Å². The lowest BCUT2D eigenvalue weighted by atomic mass is 10.2. The van der Waals surface area contributed by atoms with Crippen LogP contribution in [0.1, 0.15) is 39.5 Å². The summed E-state index contributed by atoms with van der Waals surface area (Å²) in [6, 6.07) is 0. The normalized spacial score (nSPS) is 8.14. The molecule has 0 bridgehead atoms. The molecular weight excluding hydrogens is 176 g/mol. The van der Waals surface area contributed by atoms with Crippen molar-refractivity contribution in [2.75, 3.05) is 0 Å². The number of allylic oxidation sites excluding steroid dienone is 2. The van der Waals surface area contributed by atoms with Crippen molar-refractivity contribution in [3.05, 3.63) is 25.3 Å². The zero-order valence-electron chi connectivity index (χ0n) is 9.21. The summed E-state index contributed by atoms with van der Waals surface area (Å²) in [5.41, 5.74) is 0. The van der Waals surface area contributed by atoms with Gasteiger partial charge in [-0.15, -0.1) is 13.2 Å². The van der Waals surface area contributed by atoms with Crippen LogP contribution in [0.15, 0.2) is 25.3 Å². The van der Waals surface area contributed by atoms with Crippen LogP contribution in [0.5, 0.6) is 0 Å². The van der Waals surface area contributed by atoms with Crippen LogP contribution in [-0.4, -0.2) is 11.6 Å². The van der Waals surface area contributed by atoms with E-state index in [0.29, 0.717) is 12.8 Å². The summed E-state index contributed by atoms with van der Waals surface area (Å²) in [6.07, 6.45) is 6.42. The molecule has 0 aliphatic heterocycles. The second kappa shape index (κ2) is 11.8. The molecule has 0 heterocycles. The number of ketones is 2. The van der Waals surface area contributed by atoms with E-state index in [4.69, 9.17) is 0 Å². The molecule has 0 aromatic carbocycles. The summed E-state index contributed by atoms with van der Waals surface area (Å²) in [7, 11) is 0. The van der Waals surface area contributed by atoms with E-state index >= 15 is 0 Å². The molecule has 0 atom stereocenters. The molecule has 0 aromatic heterocycles. The van der Waals surface area contributed by atoms with Crippen molar-refractivity contribution in [3.63, 3.8) is 0 Å². The molecular formula is C12H20O2. The first-order valence-corrected chi connectivity index (χ1v) is 4.75. The molecule has 0 saturated carbocycles. The summed E-state index contributed by atoms with van der Waals surface area (Å²) in [5, 5.41) is 0. The van der Waals surface area contributed by atoms with E-state index in [1.807, 2.05) is 0 Å². The van der Waals surface area contributed by atoms with Gasteiger partial charge in [0.1, 0.15) is 11.6 Å². The molecule has 0 aliphatic carbocycles. The third kappa shape index (κ3) is 22.4. The Labute approximate surface area is 86.7 Å².